The molecule has 1 unspecified atom stereocenters. The molecule has 0 aliphatic rings. The van der Waals surface area contributed by atoms with E-state index in [0.29, 0.717) is 30.6 Å². The molecule has 7 nitrogen and oxygen atoms in total. The summed E-state index contributed by atoms with van der Waals surface area (Å²) in [6.07, 6.45) is 0.682. The molecule has 0 bridgehead atoms. The molecule has 0 saturated carbocycles. The van der Waals surface area contributed by atoms with Crippen molar-refractivity contribution < 1.29 is 9.53 Å². The monoisotopic (exact) mass is 315 g/mol. The summed E-state index contributed by atoms with van der Waals surface area (Å²) in [7, 11) is 0. The van der Waals surface area contributed by atoms with E-state index < -0.39 is 0 Å². The topological polar surface area (TPSA) is 81.9 Å². The molecule has 0 radical (unpaired) electrons. The molecule has 1 atom stereocenters. The second kappa shape index (κ2) is 9.73. The largest absolute Gasteiger partial charge is 0.465 e. The number of aromatic nitrogens is 4. The number of nitrogens with one attached hydrogen (secondary N) is 1. The van der Waals surface area contributed by atoms with Crippen LogP contribution in [0.15, 0.2) is 5.16 Å². The van der Waals surface area contributed by atoms with E-state index in [9.17, 15) is 4.79 Å². The standard InChI is InChI=1S/C13H25N5O2S/c1-5-11(12(19)20-6-2)21-13-15-16-17-18(13)8-7-14-9-10(3)4/h10-11,14H,5-9H2,1-4H3. The van der Waals surface area contributed by atoms with Crippen LogP contribution in [-0.4, -0.2) is 51.1 Å². The zero-order valence-electron chi connectivity index (χ0n) is 13.2. The Labute approximate surface area is 130 Å². The van der Waals surface area contributed by atoms with Crippen molar-refractivity contribution in [3.05, 3.63) is 0 Å². The zero-order valence-corrected chi connectivity index (χ0v) is 14.0. The number of hydrogen-bond acceptors (Lipinski definition) is 7. The third kappa shape index (κ3) is 6.43. The second-order valence-electron chi connectivity index (χ2n) is 5.05. The minimum Gasteiger partial charge on any atom is -0.465 e. The Kier molecular flexibility index (Phi) is 8.29. The Bertz CT molecular complexity index is 424. The van der Waals surface area contributed by atoms with Crippen molar-refractivity contribution in [1.29, 1.82) is 0 Å². The SMILES string of the molecule is CCOC(=O)C(CC)Sc1nnnn1CCNCC(C)C. The first-order valence-corrected chi connectivity index (χ1v) is 8.26. The maximum absolute atomic E-state index is 11.8. The first kappa shape index (κ1) is 17.9. The van der Waals surface area contributed by atoms with Crippen molar-refractivity contribution in [3.63, 3.8) is 0 Å². The van der Waals surface area contributed by atoms with Crippen LogP contribution < -0.4 is 5.32 Å². The number of carbonyl (C=O) groups is 1. The molecule has 1 rings (SSSR count). The Morgan fingerprint density at radius 1 is 1.43 bits per heavy atom. The molecule has 8 heteroatoms. The van der Waals surface area contributed by atoms with E-state index in [-0.39, 0.29) is 11.2 Å². The summed E-state index contributed by atoms with van der Waals surface area (Å²) >= 11 is 1.36. The first-order valence-electron chi connectivity index (χ1n) is 7.38. The van der Waals surface area contributed by atoms with Crippen LogP contribution in [0.2, 0.25) is 0 Å². The van der Waals surface area contributed by atoms with Crippen LogP contribution in [-0.2, 0) is 16.1 Å². The van der Waals surface area contributed by atoms with Crippen LogP contribution in [0.3, 0.4) is 0 Å². The number of thioether (sulfide) groups is 1. The summed E-state index contributed by atoms with van der Waals surface area (Å²) in [4.78, 5) is 11.8. The van der Waals surface area contributed by atoms with Crippen molar-refractivity contribution in [2.24, 2.45) is 5.92 Å². The maximum atomic E-state index is 11.8. The van der Waals surface area contributed by atoms with Gasteiger partial charge in [0.15, 0.2) is 0 Å². The summed E-state index contributed by atoms with van der Waals surface area (Å²) in [6.45, 7) is 10.9. The van der Waals surface area contributed by atoms with Gasteiger partial charge in [-0.25, -0.2) is 4.68 Å². The van der Waals surface area contributed by atoms with Crippen molar-refractivity contribution in [3.8, 4) is 0 Å². The number of nitrogens with zero attached hydrogens (tertiary/aromatic N) is 4. The van der Waals surface area contributed by atoms with Gasteiger partial charge in [-0.05, 0) is 36.2 Å². The van der Waals surface area contributed by atoms with Gasteiger partial charge in [0, 0.05) is 6.54 Å². The first-order chi connectivity index (χ1) is 10.1. The molecule has 1 aromatic heterocycles. The van der Waals surface area contributed by atoms with E-state index >= 15 is 0 Å². The predicted octanol–water partition coefficient (Wildman–Crippen LogP) is 1.35. The van der Waals surface area contributed by atoms with Gasteiger partial charge in [0.2, 0.25) is 5.16 Å². The lowest BCUT2D eigenvalue weighted by molar-refractivity contribution is -0.142. The van der Waals surface area contributed by atoms with Crippen molar-refractivity contribution in [2.75, 3.05) is 19.7 Å². The van der Waals surface area contributed by atoms with E-state index in [4.69, 9.17) is 4.74 Å². The summed E-state index contributed by atoms with van der Waals surface area (Å²) in [5.41, 5.74) is 0. The quantitative estimate of drug-likeness (QED) is 0.396. The van der Waals surface area contributed by atoms with Gasteiger partial charge in [0.05, 0.1) is 13.2 Å². The van der Waals surface area contributed by atoms with Crippen molar-refractivity contribution in [2.45, 2.75) is 51.1 Å². The number of carbonyl (C=O) groups excluding carboxylic acids is 1. The number of esters is 1. The van der Waals surface area contributed by atoms with Crippen LogP contribution in [0.5, 0.6) is 0 Å². The lowest BCUT2D eigenvalue weighted by Gasteiger charge is -2.13. The maximum Gasteiger partial charge on any atom is 0.319 e. The van der Waals surface area contributed by atoms with Gasteiger partial charge in [-0.15, -0.1) is 5.10 Å². The third-order valence-electron chi connectivity index (χ3n) is 2.72. The molecule has 120 valence electrons. The molecule has 0 saturated heterocycles. The molecule has 1 N–H and O–H groups in total. The molecule has 0 aliphatic carbocycles. The molecule has 1 heterocycles. The molecular weight excluding hydrogens is 290 g/mol. The van der Waals surface area contributed by atoms with E-state index in [1.54, 1.807) is 11.6 Å². The Balaban J connectivity index is 2.51. The van der Waals surface area contributed by atoms with Crippen molar-refractivity contribution >= 4 is 17.7 Å². The lowest BCUT2D eigenvalue weighted by Crippen LogP contribution is -2.25. The molecule has 0 spiro atoms. The minimum absolute atomic E-state index is 0.211. The van der Waals surface area contributed by atoms with Crippen LogP contribution >= 0.6 is 11.8 Å². The van der Waals surface area contributed by atoms with E-state index in [1.165, 1.54) is 11.8 Å². The number of hydrogen-bond donors (Lipinski definition) is 1. The highest BCUT2D eigenvalue weighted by molar-refractivity contribution is 8.00. The fourth-order valence-corrected chi connectivity index (χ4v) is 2.58. The van der Waals surface area contributed by atoms with E-state index in [0.717, 1.165) is 13.1 Å². The number of rotatable bonds is 10. The highest BCUT2D eigenvalue weighted by atomic mass is 32.2. The molecular formula is C13H25N5O2S. The predicted molar refractivity (Wildman–Crippen MR) is 82.1 cm³/mol. The van der Waals surface area contributed by atoms with Gasteiger partial charge in [-0.2, -0.15) is 0 Å². The normalized spacial score (nSPS) is 12.6. The number of tetrazole rings is 1. The van der Waals surface area contributed by atoms with Gasteiger partial charge < -0.3 is 10.1 Å². The van der Waals surface area contributed by atoms with Crippen LogP contribution in [0.25, 0.3) is 0 Å². The van der Waals surface area contributed by atoms with Gasteiger partial charge in [-0.3, -0.25) is 4.79 Å². The zero-order chi connectivity index (χ0) is 15.7. The van der Waals surface area contributed by atoms with Gasteiger partial charge in [0.25, 0.3) is 0 Å². The molecule has 1 aromatic rings. The Morgan fingerprint density at radius 3 is 2.81 bits per heavy atom. The van der Waals surface area contributed by atoms with Gasteiger partial charge in [0.1, 0.15) is 5.25 Å². The number of ether oxygens (including phenoxy) is 1. The summed E-state index contributed by atoms with van der Waals surface area (Å²) in [5, 5.41) is 15.4. The van der Waals surface area contributed by atoms with Gasteiger partial charge in [-0.1, -0.05) is 32.5 Å². The van der Waals surface area contributed by atoms with Gasteiger partial charge >= 0.3 is 5.97 Å². The highest BCUT2D eigenvalue weighted by Crippen LogP contribution is 2.23. The fourth-order valence-electron chi connectivity index (χ4n) is 1.66. The molecule has 21 heavy (non-hydrogen) atoms. The van der Waals surface area contributed by atoms with Crippen LogP contribution in [0.1, 0.15) is 34.1 Å². The molecule has 0 aliphatic heterocycles. The Morgan fingerprint density at radius 2 is 2.19 bits per heavy atom. The summed E-state index contributed by atoms with van der Waals surface area (Å²) in [6, 6.07) is 0. The summed E-state index contributed by atoms with van der Waals surface area (Å²) in [5.74, 6) is 0.401. The second-order valence-corrected chi connectivity index (χ2v) is 6.22. The van der Waals surface area contributed by atoms with Crippen LogP contribution in [0, 0.1) is 5.92 Å². The van der Waals surface area contributed by atoms with Crippen molar-refractivity contribution in [1.82, 2.24) is 25.5 Å². The molecule has 0 aromatic carbocycles. The average molecular weight is 315 g/mol. The third-order valence-corrected chi connectivity index (χ3v) is 4.03. The van der Waals surface area contributed by atoms with E-state index in [2.05, 4.69) is 34.7 Å². The smallest absolute Gasteiger partial charge is 0.319 e. The Hall–Kier alpha value is -1.15. The molecule has 0 amide bonds. The highest BCUT2D eigenvalue weighted by Gasteiger charge is 2.22. The average Bonchev–Trinajstić information content (AvgIpc) is 2.88. The fraction of sp³-hybridized carbons (Fsp3) is 0.846. The van der Waals surface area contributed by atoms with E-state index in [1.807, 2.05) is 6.92 Å². The minimum atomic E-state index is -0.265. The lowest BCUT2D eigenvalue weighted by atomic mass is 10.2. The summed E-state index contributed by atoms with van der Waals surface area (Å²) < 4.78 is 6.78. The van der Waals surface area contributed by atoms with Crippen LogP contribution in [0.4, 0.5) is 0 Å². The molecule has 0 fully saturated rings.